The molecule has 0 aromatic heterocycles. The fraction of sp³-hybridized carbons (Fsp3) is 0.648. The largest absolute Gasteiger partial charge is 0.462 e. The van der Waals surface area contributed by atoms with Crippen LogP contribution in [0.15, 0.2) is 134 Å². The highest BCUT2D eigenvalue weighted by Crippen LogP contribution is 2.15. The molecule has 1 atom stereocenters. The van der Waals surface area contributed by atoms with Gasteiger partial charge in [0.25, 0.3) is 0 Å². The zero-order valence-corrected chi connectivity index (χ0v) is 49.9. The van der Waals surface area contributed by atoms with Gasteiger partial charge in [-0.1, -0.05) is 257 Å². The summed E-state index contributed by atoms with van der Waals surface area (Å²) in [6.45, 7) is 6.36. The first kappa shape index (κ1) is 72.5. The van der Waals surface area contributed by atoms with Gasteiger partial charge in [-0.05, 0) is 135 Å². The summed E-state index contributed by atoms with van der Waals surface area (Å²) in [5, 5.41) is 0. The van der Waals surface area contributed by atoms with Crippen molar-refractivity contribution in [1.82, 2.24) is 0 Å². The van der Waals surface area contributed by atoms with E-state index in [1.54, 1.807) is 0 Å². The molecule has 436 valence electrons. The number of ether oxygens (including phenoxy) is 3. The van der Waals surface area contributed by atoms with Crippen LogP contribution in [0.1, 0.15) is 278 Å². The summed E-state index contributed by atoms with van der Waals surface area (Å²) in [4.78, 5) is 38.3. The Morgan fingerprint density at radius 3 is 0.805 bits per heavy atom. The molecule has 0 heterocycles. The molecule has 0 amide bonds. The Kier molecular flexibility index (Phi) is 60.4. The first-order chi connectivity index (χ1) is 38.0. The molecule has 6 nitrogen and oxygen atoms in total. The molecular weight excluding hydrogens is 949 g/mol. The van der Waals surface area contributed by atoms with Gasteiger partial charge in [-0.2, -0.15) is 0 Å². The zero-order valence-electron chi connectivity index (χ0n) is 49.9. The van der Waals surface area contributed by atoms with Crippen LogP contribution in [0.25, 0.3) is 0 Å². The van der Waals surface area contributed by atoms with Crippen LogP contribution in [0.3, 0.4) is 0 Å². The number of hydrogen-bond donors (Lipinski definition) is 0. The maximum atomic E-state index is 12.9. The Labute approximate surface area is 475 Å². The number of rotatable bonds is 56. The van der Waals surface area contributed by atoms with E-state index in [-0.39, 0.29) is 37.5 Å². The lowest BCUT2D eigenvalue weighted by Gasteiger charge is -2.18. The number of carbonyl (C=O) groups excluding carboxylic acids is 3. The van der Waals surface area contributed by atoms with Crippen LogP contribution in [0.4, 0.5) is 0 Å². The van der Waals surface area contributed by atoms with Crippen LogP contribution >= 0.6 is 0 Å². The molecule has 0 rings (SSSR count). The molecule has 0 bridgehead atoms. The van der Waals surface area contributed by atoms with Gasteiger partial charge in [0, 0.05) is 19.3 Å². The van der Waals surface area contributed by atoms with Crippen LogP contribution in [0.5, 0.6) is 0 Å². The number of allylic oxidation sites excluding steroid dienone is 22. The molecule has 0 fully saturated rings. The summed E-state index contributed by atoms with van der Waals surface area (Å²) in [5.74, 6) is -0.962. The summed E-state index contributed by atoms with van der Waals surface area (Å²) in [6.07, 6.45) is 90.2. The summed E-state index contributed by atoms with van der Waals surface area (Å²) >= 11 is 0. The standard InChI is InChI=1S/C71H116O6/c1-4-7-10-13-16-19-22-25-28-31-33-34-35-36-38-40-43-46-49-52-55-58-61-64-70(73)76-67-68(66-75-69(72)63-60-57-54-51-48-45-42-39-30-27-24-21-18-15-12-9-6-3)77-71(74)65-62-59-56-53-50-47-44-41-37-32-29-26-23-20-17-14-11-8-5-2/h8-9,11-12,17-18,20-22,25-27,29-31,33,37,41-42,45,47,50,68H,4-7,10,13-16,19,23-24,28,32,34-36,38-40,43-44,46,48-49,51-67H2,1-3H3/b11-8-,12-9-,20-17-,21-18-,25-22-,29-26-,30-27-,33-31-,41-37-,45-42-,50-47-. The van der Waals surface area contributed by atoms with Gasteiger partial charge in [0.2, 0.25) is 0 Å². The Hall–Kier alpha value is -4.45. The Balaban J connectivity index is 4.47. The molecule has 1 unspecified atom stereocenters. The predicted molar refractivity (Wildman–Crippen MR) is 334 cm³/mol. The molecule has 77 heavy (non-hydrogen) atoms. The second kappa shape index (κ2) is 64.1. The lowest BCUT2D eigenvalue weighted by atomic mass is 10.0. The second-order valence-corrected chi connectivity index (χ2v) is 20.5. The Bertz CT molecular complexity index is 1650. The Morgan fingerprint density at radius 1 is 0.273 bits per heavy atom. The van der Waals surface area contributed by atoms with Crippen molar-refractivity contribution in [1.29, 1.82) is 0 Å². The number of carbonyl (C=O) groups is 3. The van der Waals surface area contributed by atoms with Crippen LogP contribution in [0, 0.1) is 0 Å². The third-order valence-corrected chi connectivity index (χ3v) is 13.1. The molecule has 0 aliphatic heterocycles. The van der Waals surface area contributed by atoms with Crippen LogP contribution in [-0.4, -0.2) is 37.2 Å². The SMILES string of the molecule is CC/C=C\C/C=C\C/C=C\C/C=C\C/C=C\CCCCCC(=O)OC(COC(=O)CCCCCC/C=C\C/C=C\C/C=C\C/C=C\CC)COC(=O)CCCCCCCCCCCCC/C=C\C/C=C\CCCCCCC. The average molecular weight is 1070 g/mol. The van der Waals surface area contributed by atoms with Gasteiger partial charge in [0.05, 0.1) is 0 Å². The third kappa shape index (κ3) is 62.3. The summed E-state index contributed by atoms with van der Waals surface area (Å²) in [5.41, 5.74) is 0. The first-order valence-electron chi connectivity index (χ1n) is 31.7. The molecule has 0 aromatic carbocycles. The van der Waals surface area contributed by atoms with E-state index in [0.717, 1.165) is 135 Å². The van der Waals surface area contributed by atoms with Gasteiger partial charge in [0.1, 0.15) is 13.2 Å². The smallest absolute Gasteiger partial charge is 0.306 e. The van der Waals surface area contributed by atoms with Crippen LogP contribution < -0.4 is 0 Å². The van der Waals surface area contributed by atoms with Crippen molar-refractivity contribution in [3.8, 4) is 0 Å². The first-order valence-corrected chi connectivity index (χ1v) is 31.7. The van der Waals surface area contributed by atoms with Crippen molar-refractivity contribution in [2.75, 3.05) is 13.2 Å². The van der Waals surface area contributed by atoms with Crippen molar-refractivity contribution in [3.05, 3.63) is 134 Å². The van der Waals surface area contributed by atoms with Crippen LogP contribution in [0.2, 0.25) is 0 Å². The van der Waals surface area contributed by atoms with Crippen molar-refractivity contribution >= 4 is 17.9 Å². The molecule has 0 saturated carbocycles. The van der Waals surface area contributed by atoms with E-state index in [1.165, 1.54) is 96.3 Å². The lowest BCUT2D eigenvalue weighted by molar-refractivity contribution is -0.167. The van der Waals surface area contributed by atoms with Gasteiger partial charge in [-0.15, -0.1) is 0 Å². The highest BCUT2D eigenvalue weighted by molar-refractivity contribution is 5.71. The molecular formula is C71H116O6. The summed E-state index contributed by atoms with van der Waals surface area (Å²) in [7, 11) is 0. The quantitative estimate of drug-likeness (QED) is 0.0261. The van der Waals surface area contributed by atoms with Crippen molar-refractivity contribution in [2.24, 2.45) is 0 Å². The van der Waals surface area contributed by atoms with E-state index in [4.69, 9.17) is 14.2 Å². The lowest BCUT2D eigenvalue weighted by Crippen LogP contribution is -2.30. The van der Waals surface area contributed by atoms with E-state index >= 15 is 0 Å². The van der Waals surface area contributed by atoms with E-state index < -0.39 is 6.10 Å². The number of esters is 3. The minimum Gasteiger partial charge on any atom is -0.462 e. The van der Waals surface area contributed by atoms with E-state index in [9.17, 15) is 14.4 Å². The molecule has 0 spiro atoms. The molecule has 6 heteroatoms. The van der Waals surface area contributed by atoms with Crippen molar-refractivity contribution in [2.45, 2.75) is 284 Å². The molecule has 0 N–H and O–H groups in total. The zero-order chi connectivity index (χ0) is 55.7. The van der Waals surface area contributed by atoms with Crippen molar-refractivity contribution in [3.63, 3.8) is 0 Å². The fourth-order valence-corrected chi connectivity index (χ4v) is 8.43. The van der Waals surface area contributed by atoms with Gasteiger partial charge in [-0.25, -0.2) is 0 Å². The van der Waals surface area contributed by atoms with Gasteiger partial charge < -0.3 is 14.2 Å². The van der Waals surface area contributed by atoms with Gasteiger partial charge in [-0.3, -0.25) is 14.4 Å². The highest BCUT2D eigenvalue weighted by Gasteiger charge is 2.19. The van der Waals surface area contributed by atoms with E-state index in [1.807, 2.05) is 0 Å². The van der Waals surface area contributed by atoms with Gasteiger partial charge >= 0.3 is 17.9 Å². The average Bonchev–Trinajstić information content (AvgIpc) is 3.43. The molecule has 0 radical (unpaired) electrons. The van der Waals surface area contributed by atoms with E-state index in [2.05, 4.69) is 154 Å². The fourth-order valence-electron chi connectivity index (χ4n) is 8.43. The highest BCUT2D eigenvalue weighted by atomic mass is 16.6. The third-order valence-electron chi connectivity index (χ3n) is 13.1. The topological polar surface area (TPSA) is 78.9 Å². The molecule has 0 aliphatic carbocycles. The van der Waals surface area contributed by atoms with E-state index in [0.29, 0.717) is 19.3 Å². The molecule has 0 saturated heterocycles. The maximum Gasteiger partial charge on any atom is 0.306 e. The Morgan fingerprint density at radius 2 is 0.506 bits per heavy atom. The van der Waals surface area contributed by atoms with Crippen LogP contribution in [-0.2, 0) is 28.6 Å². The normalized spacial score (nSPS) is 13.0. The minimum absolute atomic E-state index is 0.104. The van der Waals surface area contributed by atoms with Crippen molar-refractivity contribution < 1.29 is 28.6 Å². The summed E-state index contributed by atoms with van der Waals surface area (Å²) < 4.78 is 16.9. The predicted octanol–water partition coefficient (Wildman–Crippen LogP) is 21.8. The second-order valence-electron chi connectivity index (χ2n) is 20.5. The molecule has 0 aliphatic rings. The number of unbranched alkanes of at least 4 members (excludes halogenated alkanes) is 23. The minimum atomic E-state index is -0.813. The van der Waals surface area contributed by atoms with Gasteiger partial charge in [0.15, 0.2) is 6.10 Å². The molecule has 0 aromatic rings. The maximum absolute atomic E-state index is 12.9. The monoisotopic (exact) mass is 1060 g/mol. The summed E-state index contributed by atoms with van der Waals surface area (Å²) in [6, 6.07) is 0. The number of hydrogen-bond acceptors (Lipinski definition) is 6.